The molecular weight excluding hydrogens is 362 g/mol. The van der Waals surface area contributed by atoms with Gasteiger partial charge in [0.25, 0.3) is 5.91 Å². The van der Waals surface area contributed by atoms with Gasteiger partial charge in [0.15, 0.2) is 0 Å². The van der Waals surface area contributed by atoms with E-state index in [2.05, 4.69) is 11.1 Å². The van der Waals surface area contributed by atoms with E-state index in [1.54, 1.807) is 23.2 Å². The highest BCUT2D eigenvalue weighted by Gasteiger charge is 2.30. The predicted octanol–water partition coefficient (Wildman–Crippen LogP) is 2.11. The molecule has 27 heavy (non-hydrogen) atoms. The first kappa shape index (κ1) is 18.1. The summed E-state index contributed by atoms with van der Waals surface area (Å²) < 4.78 is 26.8. The molecule has 4 rings (SSSR count). The van der Waals surface area contributed by atoms with Crippen LogP contribution in [0.2, 0.25) is 0 Å². The number of carbonyl (C=O) groups excluding carboxylic acids is 1. The van der Waals surface area contributed by atoms with Crippen molar-refractivity contribution >= 4 is 15.9 Å². The standard InChI is InChI=1S/C20H23N3O3S/c24-20(18-8-7-16-4-1-2-5-17(16)14-18)22-10-12-23(13-11-22)27(25,26)19-6-3-9-21-15-19/h3,6-9,14-15H,1-2,4-5,10-13H2. The van der Waals surface area contributed by atoms with E-state index in [9.17, 15) is 13.2 Å². The van der Waals surface area contributed by atoms with Crippen molar-refractivity contribution in [1.82, 2.24) is 14.2 Å². The van der Waals surface area contributed by atoms with Crippen LogP contribution in [0.15, 0.2) is 47.6 Å². The number of amides is 1. The average molecular weight is 385 g/mol. The molecule has 1 fully saturated rings. The Labute approximate surface area is 159 Å². The fraction of sp³-hybridized carbons (Fsp3) is 0.400. The molecule has 1 aliphatic carbocycles. The lowest BCUT2D eigenvalue weighted by Gasteiger charge is -2.34. The Morgan fingerprint density at radius 3 is 2.41 bits per heavy atom. The van der Waals surface area contributed by atoms with Crippen molar-refractivity contribution in [2.75, 3.05) is 26.2 Å². The van der Waals surface area contributed by atoms with Crippen LogP contribution in [0.1, 0.15) is 34.3 Å². The Balaban J connectivity index is 1.44. The molecule has 0 saturated carbocycles. The zero-order chi connectivity index (χ0) is 18.9. The third kappa shape index (κ3) is 3.61. The second kappa shape index (κ2) is 7.40. The lowest BCUT2D eigenvalue weighted by Crippen LogP contribution is -2.50. The zero-order valence-electron chi connectivity index (χ0n) is 15.2. The minimum Gasteiger partial charge on any atom is -0.336 e. The number of pyridine rings is 1. The minimum absolute atomic E-state index is 0.0122. The molecule has 1 aromatic heterocycles. The molecule has 0 bridgehead atoms. The molecule has 6 nitrogen and oxygen atoms in total. The molecule has 1 aliphatic heterocycles. The first-order chi connectivity index (χ1) is 13.1. The van der Waals surface area contributed by atoms with Gasteiger partial charge < -0.3 is 4.90 Å². The number of aromatic nitrogens is 1. The Bertz CT molecular complexity index is 936. The number of rotatable bonds is 3. The molecule has 2 heterocycles. The highest BCUT2D eigenvalue weighted by Crippen LogP contribution is 2.23. The fourth-order valence-corrected chi connectivity index (χ4v) is 5.22. The van der Waals surface area contributed by atoms with E-state index in [1.807, 2.05) is 12.1 Å². The van der Waals surface area contributed by atoms with Gasteiger partial charge in [-0.25, -0.2) is 8.42 Å². The lowest BCUT2D eigenvalue weighted by molar-refractivity contribution is 0.0697. The van der Waals surface area contributed by atoms with Gasteiger partial charge in [0.05, 0.1) is 0 Å². The molecule has 0 atom stereocenters. The van der Waals surface area contributed by atoms with Crippen molar-refractivity contribution in [3.8, 4) is 0 Å². The molecule has 0 N–H and O–H groups in total. The van der Waals surface area contributed by atoms with Crippen LogP contribution in [0.4, 0.5) is 0 Å². The Kier molecular flexibility index (Phi) is 4.97. The number of nitrogens with zero attached hydrogens (tertiary/aromatic N) is 3. The Morgan fingerprint density at radius 2 is 1.70 bits per heavy atom. The van der Waals surface area contributed by atoms with Crippen LogP contribution in [0, 0.1) is 0 Å². The van der Waals surface area contributed by atoms with Gasteiger partial charge in [-0.15, -0.1) is 0 Å². The van der Waals surface area contributed by atoms with Crippen LogP contribution in [-0.2, 0) is 22.9 Å². The van der Waals surface area contributed by atoms with Gasteiger partial charge in [0.2, 0.25) is 10.0 Å². The molecule has 0 radical (unpaired) electrons. The first-order valence-electron chi connectivity index (χ1n) is 9.37. The van der Waals surface area contributed by atoms with E-state index in [0.717, 1.165) is 12.8 Å². The van der Waals surface area contributed by atoms with Crippen molar-refractivity contribution in [3.63, 3.8) is 0 Å². The van der Waals surface area contributed by atoms with Gasteiger partial charge in [-0.2, -0.15) is 4.31 Å². The van der Waals surface area contributed by atoms with Crippen molar-refractivity contribution < 1.29 is 13.2 Å². The zero-order valence-corrected chi connectivity index (χ0v) is 16.0. The van der Waals surface area contributed by atoms with Gasteiger partial charge >= 0.3 is 0 Å². The van der Waals surface area contributed by atoms with E-state index in [1.165, 1.54) is 34.5 Å². The van der Waals surface area contributed by atoms with E-state index in [-0.39, 0.29) is 10.8 Å². The number of carbonyl (C=O) groups is 1. The third-order valence-electron chi connectivity index (χ3n) is 5.39. The van der Waals surface area contributed by atoms with Crippen molar-refractivity contribution in [1.29, 1.82) is 0 Å². The highest BCUT2D eigenvalue weighted by molar-refractivity contribution is 7.89. The number of aryl methyl sites for hydroxylation is 2. The number of sulfonamides is 1. The molecule has 1 saturated heterocycles. The summed E-state index contributed by atoms with van der Waals surface area (Å²) in [6.45, 7) is 1.40. The molecule has 2 aromatic rings. The summed E-state index contributed by atoms with van der Waals surface area (Å²) in [6, 6.07) is 9.17. The van der Waals surface area contributed by atoms with Gasteiger partial charge in [-0.3, -0.25) is 9.78 Å². The van der Waals surface area contributed by atoms with Crippen LogP contribution < -0.4 is 0 Å². The monoisotopic (exact) mass is 385 g/mol. The van der Waals surface area contributed by atoms with Gasteiger partial charge in [0, 0.05) is 44.1 Å². The average Bonchev–Trinajstić information content (AvgIpc) is 2.73. The maximum absolute atomic E-state index is 12.9. The normalized spacial score (nSPS) is 18.1. The third-order valence-corrected chi connectivity index (χ3v) is 7.28. The number of hydrogen-bond acceptors (Lipinski definition) is 4. The fourth-order valence-electron chi connectivity index (χ4n) is 3.83. The number of piperazine rings is 1. The SMILES string of the molecule is O=C(c1ccc2c(c1)CCCC2)N1CCN(S(=O)(=O)c2cccnc2)CC1. The molecule has 2 aliphatic rings. The summed E-state index contributed by atoms with van der Waals surface area (Å²) in [5.41, 5.74) is 3.34. The summed E-state index contributed by atoms with van der Waals surface area (Å²) >= 11 is 0. The molecule has 142 valence electrons. The summed E-state index contributed by atoms with van der Waals surface area (Å²) in [4.78, 5) is 18.7. The first-order valence-corrected chi connectivity index (χ1v) is 10.8. The quantitative estimate of drug-likeness (QED) is 0.811. The summed E-state index contributed by atoms with van der Waals surface area (Å²) in [6.07, 6.45) is 7.43. The maximum Gasteiger partial charge on any atom is 0.253 e. The van der Waals surface area contributed by atoms with Crippen LogP contribution in [-0.4, -0.2) is 54.7 Å². The number of hydrogen-bond donors (Lipinski definition) is 0. The molecule has 0 spiro atoms. The van der Waals surface area contributed by atoms with E-state index < -0.39 is 10.0 Å². The second-order valence-corrected chi connectivity index (χ2v) is 9.01. The molecular formula is C20H23N3O3S. The molecule has 1 amide bonds. The van der Waals surface area contributed by atoms with Crippen molar-refractivity contribution in [2.24, 2.45) is 0 Å². The second-order valence-electron chi connectivity index (χ2n) is 7.08. The lowest BCUT2D eigenvalue weighted by atomic mass is 9.90. The molecule has 7 heteroatoms. The van der Waals surface area contributed by atoms with Crippen LogP contribution in [0.25, 0.3) is 0 Å². The Morgan fingerprint density at radius 1 is 0.963 bits per heavy atom. The summed E-state index contributed by atoms with van der Waals surface area (Å²) in [7, 11) is -3.56. The minimum atomic E-state index is -3.56. The van der Waals surface area contributed by atoms with Crippen LogP contribution in [0.3, 0.4) is 0 Å². The van der Waals surface area contributed by atoms with E-state index >= 15 is 0 Å². The summed E-state index contributed by atoms with van der Waals surface area (Å²) in [5.74, 6) is -0.0122. The maximum atomic E-state index is 12.9. The van der Waals surface area contributed by atoms with Crippen LogP contribution in [0.5, 0.6) is 0 Å². The van der Waals surface area contributed by atoms with Gasteiger partial charge in [-0.05, 0) is 61.1 Å². The van der Waals surface area contributed by atoms with Gasteiger partial charge in [0.1, 0.15) is 4.90 Å². The largest absolute Gasteiger partial charge is 0.336 e. The molecule has 1 aromatic carbocycles. The van der Waals surface area contributed by atoms with Gasteiger partial charge in [-0.1, -0.05) is 6.07 Å². The number of benzene rings is 1. The van der Waals surface area contributed by atoms with Crippen molar-refractivity contribution in [2.45, 2.75) is 30.6 Å². The summed E-state index contributed by atoms with van der Waals surface area (Å²) in [5, 5.41) is 0. The topological polar surface area (TPSA) is 70.6 Å². The number of fused-ring (bicyclic) bond motifs is 1. The molecule has 0 unspecified atom stereocenters. The van der Waals surface area contributed by atoms with Crippen LogP contribution >= 0.6 is 0 Å². The van der Waals surface area contributed by atoms with E-state index in [4.69, 9.17) is 0 Å². The predicted molar refractivity (Wildman–Crippen MR) is 102 cm³/mol. The smallest absolute Gasteiger partial charge is 0.253 e. The van der Waals surface area contributed by atoms with Crippen molar-refractivity contribution in [3.05, 3.63) is 59.4 Å². The van der Waals surface area contributed by atoms with E-state index in [0.29, 0.717) is 31.7 Å². The Hall–Kier alpha value is -2.25. The highest BCUT2D eigenvalue weighted by atomic mass is 32.2.